The second-order valence-electron chi connectivity index (χ2n) is 4.36. The molecule has 0 unspecified atom stereocenters. The number of hydrogen-bond acceptors (Lipinski definition) is 3. The van der Waals surface area contributed by atoms with Crippen LogP contribution >= 0.6 is 0 Å². The Morgan fingerprint density at radius 1 is 1.25 bits per heavy atom. The molecule has 0 saturated carbocycles. The predicted octanol–water partition coefficient (Wildman–Crippen LogP) is 2.48. The van der Waals surface area contributed by atoms with Crippen LogP contribution in [0.4, 0.5) is 0 Å². The molecular weight excluding hydrogens is 204 g/mol. The largest absolute Gasteiger partial charge is 0.493 e. The van der Waals surface area contributed by atoms with Crippen LogP contribution in [-0.2, 0) is 11.2 Å². The Hall–Kier alpha value is -1.22. The SMILES string of the molecule is COc1ccc2c(c1OC)CCC[C@@H]1O[C@H]21. The van der Waals surface area contributed by atoms with E-state index in [4.69, 9.17) is 14.2 Å². The lowest BCUT2D eigenvalue weighted by atomic mass is 10.0. The molecule has 1 aliphatic heterocycles. The van der Waals surface area contributed by atoms with Crippen molar-refractivity contribution >= 4 is 0 Å². The third-order valence-corrected chi connectivity index (χ3v) is 3.49. The molecule has 0 radical (unpaired) electrons. The van der Waals surface area contributed by atoms with Gasteiger partial charge >= 0.3 is 0 Å². The molecule has 1 aliphatic carbocycles. The Labute approximate surface area is 95.3 Å². The summed E-state index contributed by atoms with van der Waals surface area (Å²) in [7, 11) is 3.38. The average Bonchev–Trinajstić information content (AvgIpc) is 3.06. The van der Waals surface area contributed by atoms with Gasteiger partial charge in [0.15, 0.2) is 11.5 Å². The van der Waals surface area contributed by atoms with Crippen molar-refractivity contribution in [2.45, 2.75) is 31.5 Å². The molecule has 0 bridgehead atoms. The van der Waals surface area contributed by atoms with E-state index in [0.29, 0.717) is 12.2 Å². The van der Waals surface area contributed by atoms with Gasteiger partial charge in [-0.15, -0.1) is 0 Å². The summed E-state index contributed by atoms with van der Waals surface area (Å²) in [6.07, 6.45) is 4.13. The smallest absolute Gasteiger partial charge is 0.164 e. The molecule has 1 aromatic rings. The lowest BCUT2D eigenvalue weighted by Gasteiger charge is -2.15. The van der Waals surface area contributed by atoms with E-state index in [2.05, 4.69) is 6.07 Å². The second kappa shape index (κ2) is 3.67. The summed E-state index contributed by atoms with van der Waals surface area (Å²) in [6.45, 7) is 0. The fourth-order valence-corrected chi connectivity index (χ4v) is 2.65. The van der Waals surface area contributed by atoms with Crippen LogP contribution in [0, 0.1) is 0 Å². The molecule has 16 heavy (non-hydrogen) atoms. The van der Waals surface area contributed by atoms with Crippen LogP contribution in [0.5, 0.6) is 11.5 Å². The van der Waals surface area contributed by atoms with Gasteiger partial charge in [-0.3, -0.25) is 0 Å². The van der Waals surface area contributed by atoms with E-state index >= 15 is 0 Å². The highest BCUT2D eigenvalue weighted by atomic mass is 16.6. The number of methoxy groups -OCH3 is 2. The number of ether oxygens (including phenoxy) is 3. The van der Waals surface area contributed by atoms with Crippen LogP contribution in [0.15, 0.2) is 12.1 Å². The molecule has 1 fully saturated rings. The first-order valence-corrected chi connectivity index (χ1v) is 5.74. The van der Waals surface area contributed by atoms with Crippen LogP contribution in [0.2, 0.25) is 0 Å². The van der Waals surface area contributed by atoms with Crippen LogP contribution in [0.25, 0.3) is 0 Å². The molecule has 2 atom stereocenters. The lowest BCUT2D eigenvalue weighted by molar-refractivity contribution is 0.340. The summed E-state index contributed by atoms with van der Waals surface area (Å²) in [6, 6.07) is 4.09. The molecule has 0 amide bonds. The molecule has 1 aromatic carbocycles. The number of hydrogen-bond donors (Lipinski definition) is 0. The number of fused-ring (bicyclic) bond motifs is 3. The van der Waals surface area contributed by atoms with E-state index < -0.39 is 0 Å². The number of rotatable bonds is 2. The molecule has 86 valence electrons. The maximum Gasteiger partial charge on any atom is 0.164 e. The van der Waals surface area contributed by atoms with Gasteiger partial charge in [-0.05, 0) is 30.9 Å². The highest BCUT2D eigenvalue weighted by Gasteiger charge is 2.43. The fraction of sp³-hybridized carbons (Fsp3) is 0.538. The summed E-state index contributed by atoms with van der Waals surface area (Å²) in [5.74, 6) is 1.71. The van der Waals surface area contributed by atoms with Gasteiger partial charge in [0.1, 0.15) is 6.10 Å². The fourth-order valence-electron chi connectivity index (χ4n) is 2.65. The summed E-state index contributed by atoms with van der Waals surface area (Å²) in [5.41, 5.74) is 2.56. The maximum absolute atomic E-state index is 5.66. The Morgan fingerprint density at radius 3 is 2.88 bits per heavy atom. The van der Waals surface area contributed by atoms with E-state index in [9.17, 15) is 0 Å². The first kappa shape index (κ1) is 9.97. The maximum atomic E-state index is 5.66. The van der Waals surface area contributed by atoms with Gasteiger partial charge in [0.2, 0.25) is 0 Å². The zero-order valence-electron chi connectivity index (χ0n) is 9.66. The van der Waals surface area contributed by atoms with Gasteiger partial charge in [0.25, 0.3) is 0 Å². The zero-order valence-corrected chi connectivity index (χ0v) is 9.66. The molecule has 1 heterocycles. The van der Waals surface area contributed by atoms with Gasteiger partial charge < -0.3 is 14.2 Å². The molecule has 3 nitrogen and oxygen atoms in total. The Bertz CT molecular complexity index is 414. The molecule has 3 rings (SSSR count). The topological polar surface area (TPSA) is 31.0 Å². The summed E-state index contributed by atoms with van der Waals surface area (Å²) < 4.78 is 16.5. The van der Waals surface area contributed by atoms with Crippen LogP contribution in [0.3, 0.4) is 0 Å². The molecule has 0 spiro atoms. The molecular formula is C13H16O3. The lowest BCUT2D eigenvalue weighted by Crippen LogP contribution is -1.99. The van der Waals surface area contributed by atoms with Crippen molar-refractivity contribution in [1.29, 1.82) is 0 Å². The van der Waals surface area contributed by atoms with E-state index in [1.807, 2.05) is 6.07 Å². The minimum absolute atomic E-state index is 0.303. The van der Waals surface area contributed by atoms with Crippen molar-refractivity contribution < 1.29 is 14.2 Å². The molecule has 2 aliphatic rings. The van der Waals surface area contributed by atoms with Gasteiger partial charge in [0, 0.05) is 5.56 Å². The third kappa shape index (κ3) is 1.39. The van der Waals surface area contributed by atoms with E-state index in [0.717, 1.165) is 30.8 Å². The van der Waals surface area contributed by atoms with Crippen molar-refractivity contribution in [2.24, 2.45) is 0 Å². The highest BCUT2D eigenvalue weighted by molar-refractivity contribution is 5.53. The Morgan fingerprint density at radius 2 is 2.12 bits per heavy atom. The molecule has 3 heteroatoms. The first-order valence-electron chi connectivity index (χ1n) is 5.74. The van der Waals surface area contributed by atoms with Crippen LogP contribution < -0.4 is 9.47 Å². The normalized spacial score (nSPS) is 26.4. The Balaban J connectivity index is 2.11. The Kier molecular flexibility index (Phi) is 2.28. The monoisotopic (exact) mass is 220 g/mol. The van der Waals surface area contributed by atoms with E-state index in [1.165, 1.54) is 11.1 Å². The first-order chi connectivity index (χ1) is 7.85. The summed E-state index contributed by atoms with van der Waals surface area (Å²) >= 11 is 0. The van der Waals surface area contributed by atoms with E-state index in [1.54, 1.807) is 14.2 Å². The van der Waals surface area contributed by atoms with Crippen molar-refractivity contribution in [3.8, 4) is 11.5 Å². The zero-order chi connectivity index (χ0) is 11.1. The van der Waals surface area contributed by atoms with Gasteiger partial charge in [-0.2, -0.15) is 0 Å². The number of benzene rings is 1. The molecule has 0 aromatic heterocycles. The molecule has 1 saturated heterocycles. The summed E-state index contributed by atoms with van der Waals surface area (Å²) in [4.78, 5) is 0. The number of epoxide rings is 1. The van der Waals surface area contributed by atoms with Gasteiger partial charge in [-0.1, -0.05) is 6.07 Å². The van der Waals surface area contributed by atoms with Crippen molar-refractivity contribution in [3.63, 3.8) is 0 Å². The van der Waals surface area contributed by atoms with Crippen molar-refractivity contribution in [3.05, 3.63) is 23.3 Å². The minimum Gasteiger partial charge on any atom is -0.493 e. The van der Waals surface area contributed by atoms with Gasteiger partial charge in [0.05, 0.1) is 20.3 Å². The highest BCUT2D eigenvalue weighted by Crippen LogP contribution is 2.49. The van der Waals surface area contributed by atoms with Crippen molar-refractivity contribution in [2.75, 3.05) is 14.2 Å². The quantitative estimate of drug-likeness (QED) is 0.717. The second-order valence-corrected chi connectivity index (χ2v) is 4.36. The standard InChI is InChI=1S/C13H16O3/c1-14-10-7-6-9-8(12(10)15-2)4-3-5-11-13(9)16-11/h6-7,11,13H,3-5H2,1-2H3/t11-,13+/m0/s1. The summed E-state index contributed by atoms with van der Waals surface area (Å²) in [5, 5.41) is 0. The minimum atomic E-state index is 0.303. The van der Waals surface area contributed by atoms with Crippen LogP contribution in [-0.4, -0.2) is 20.3 Å². The third-order valence-electron chi connectivity index (χ3n) is 3.49. The predicted molar refractivity (Wildman–Crippen MR) is 60.1 cm³/mol. The van der Waals surface area contributed by atoms with Crippen molar-refractivity contribution in [1.82, 2.24) is 0 Å². The van der Waals surface area contributed by atoms with E-state index in [-0.39, 0.29) is 0 Å². The average molecular weight is 220 g/mol. The van der Waals surface area contributed by atoms with Gasteiger partial charge in [-0.25, -0.2) is 0 Å². The van der Waals surface area contributed by atoms with Crippen LogP contribution in [0.1, 0.15) is 30.1 Å². The molecule has 0 N–H and O–H groups in total.